The molecule has 0 atom stereocenters. The number of hydrogen-bond acceptors (Lipinski definition) is 4. The second kappa shape index (κ2) is 9.00. The van der Waals surface area contributed by atoms with Gasteiger partial charge >= 0.3 is 0 Å². The summed E-state index contributed by atoms with van der Waals surface area (Å²) < 4.78 is 0. The number of benzene rings is 3. The summed E-state index contributed by atoms with van der Waals surface area (Å²) in [5.41, 5.74) is 10.0. The molecule has 0 N–H and O–H groups in total. The first-order valence-electron chi connectivity index (χ1n) is 13.2. The van der Waals surface area contributed by atoms with Gasteiger partial charge in [-0.15, -0.1) is 0 Å². The van der Waals surface area contributed by atoms with E-state index in [2.05, 4.69) is 111 Å². The van der Waals surface area contributed by atoms with Crippen LogP contribution < -0.4 is 0 Å². The maximum Gasteiger partial charge on any atom is 0.0972 e. The van der Waals surface area contributed by atoms with Crippen molar-refractivity contribution < 1.29 is 0 Å². The minimum Gasteiger partial charge on any atom is -0.251 e. The van der Waals surface area contributed by atoms with Crippen LogP contribution in [0.3, 0.4) is 0 Å². The highest BCUT2D eigenvalue weighted by Crippen LogP contribution is 2.30. The van der Waals surface area contributed by atoms with E-state index in [9.17, 15) is 0 Å². The molecular weight excluding hydrogens is 464 g/mol. The van der Waals surface area contributed by atoms with Gasteiger partial charge in [-0.1, -0.05) is 86.6 Å². The number of rotatable bonds is 4. The molecule has 0 fully saturated rings. The molecule has 182 valence electrons. The van der Waals surface area contributed by atoms with Crippen molar-refractivity contribution in [2.45, 2.75) is 26.7 Å². The van der Waals surface area contributed by atoms with Crippen LogP contribution in [0.2, 0.25) is 0 Å². The van der Waals surface area contributed by atoms with Crippen LogP contribution in [0.1, 0.15) is 25.2 Å². The van der Waals surface area contributed by atoms with Gasteiger partial charge in [0.1, 0.15) is 0 Å². The van der Waals surface area contributed by atoms with Crippen molar-refractivity contribution in [2.75, 3.05) is 0 Å². The van der Waals surface area contributed by atoms with Gasteiger partial charge in [0, 0.05) is 44.1 Å². The first kappa shape index (κ1) is 22.5. The van der Waals surface area contributed by atoms with Gasteiger partial charge in [0.25, 0.3) is 0 Å². The Labute approximate surface area is 221 Å². The lowest BCUT2D eigenvalue weighted by molar-refractivity contribution is 1.06. The van der Waals surface area contributed by atoms with Gasteiger partial charge in [-0.05, 0) is 37.1 Å². The molecule has 0 saturated heterocycles. The highest BCUT2D eigenvalue weighted by Gasteiger charge is 2.10. The predicted octanol–water partition coefficient (Wildman–Crippen LogP) is 8.34. The molecule has 0 aliphatic rings. The van der Waals surface area contributed by atoms with E-state index in [1.807, 2.05) is 0 Å². The van der Waals surface area contributed by atoms with Crippen molar-refractivity contribution in [1.82, 2.24) is 19.9 Å². The Morgan fingerprint density at radius 1 is 0.368 bits per heavy atom. The molecule has 0 aliphatic carbocycles. The smallest absolute Gasteiger partial charge is 0.0972 e. The lowest BCUT2D eigenvalue weighted by Gasteiger charge is -2.09. The third-order valence-corrected chi connectivity index (χ3v) is 7.36. The molecule has 0 unspecified atom stereocenters. The Morgan fingerprint density at radius 2 is 0.684 bits per heavy atom. The van der Waals surface area contributed by atoms with Crippen LogP contribution in [0.15, 0.2) is 97.1 Å². The quantitative estimate of drug-likeness (QED) is 0.233. The van der Waals surface area contributed by atoms with Crippen molar-refractivity contribution >= 4 is 43.6 Å². The van der Waals surface area contributed by atoms with E-state index in [0.717, 1.165) is 90.4 Å². The molecule has 0 radical (unpaired) electrons. The monoisotopic (exact) mass is 490 g/mol. The third-order valence-electron chi connectivity index (χ3n) is 7.36. The Hall–Kier alpha value is -4.70. The molecular formula is C34H26N4. The molecule has 4 aromatic heterocycles. The average Bonchev–Trinajstić information content (AvgIpc) is 3.00. The second-order valence-corrected chi connectivity index (χ2v) is 9.70. The topological polar surface area (TPSA) is 51.6 Å². The summed E-state index contributed by atoms with van der Waals surface area (Å²) >= 11 is 0. The normalized spacial score (nSPS) is 11.6. The highest BCUT2D eigenvalue weighted by atomic mass is 14.8. The largest absolute Gasteiger partial charge is 0.251 e. The maximum atomic E-state index is 5.06. The van der Waals surface area contributed by atoms with E-state index in [1.165, 1.54) is 0 Å². The van der Waals surface area contributed by atoms with E-state index in [4.69, 9.17) is 19.9 Å². The molecule has 4 nitrogen and oxygen atoms in total. The van der Waals surface area contributed by atoms with Crippen LogP contribution in [0.4, 0.5) is 0 Å². The van der Waals surface area contributed by atoms with Gasteiger partial charge in [-0.25, -0.2) is 9.97 Å². The van der Waals surface area contributed by atoms with Crippen LogP contribution in [0.5, 0.6) is 0 Å². The molecule has 7 rings (SSSR count). The fourth-order valence-corrected chi connectivity index (χ4v) is 5.14. The fraction of sp³-hybridized carbons (Fsp3) is 0.118. The van der Waals surface area contributed by atoms with Crippen molar-refractivity contribution in [3.05, 3.63) is 108 Å². The zero-order valence-electron chi connectivity index (χ0n) is 21.4. The van der Waals surface area contributed by atoms with Crippen LogP contribution in [-0.2, 0) is 12.8 Å². The number of fused-ring (bicyclic) bond motifs is 6. The van der Waals surface area contributed by atoms with Gasteiger partial charge < -0.3 is 0 Å². The predicted molar refractivity (Wildman–Crippen MR) is 157 cm³/mol. The van der Waals surface area contributed by atoms with Gasteiger partial charge in [0.05, 0.1) is 33.5 Å². The Bertz CT molecular complexity index is 1850. The minimum absolute atomic E-state index is 0.905. The van der Waals surface area contributed by atoms with Crippen LogP contribution in [-0.4, -0.2) is 19.9 Å². The van der Waals surface area contributed by atoms with Crippen molar-refractivity contribution in [2.24, 2.45) is 0 Å². The molecule has 0 aliphatic heterocycles. The van der Waals surface area contributed by atoms with Crippen LogP contribution in [0.25, 0.3) is 66.1 Å². The Kier molecular flexibility index (Phi) is 5.33. The summed E-state index contributed by atoms with van der Waals surface area (Å²) in [7, 11) is 0. The Balaban J connectivity index is 1.30. The van der Waals surface area contributed by atoms with E-state index in [1.54, 1.807) is 0 Å². The van der Waals surface area contributed by atoms with E-state index < -0.39 is 0 Å². The molecule has 38 heavy (non-hydrogen) atoms. The fourth-order valence-electron chi connectivity index (χ4n) is 5.14. The molecule has 0 bridgehead atoms. The first-order valence-corrected chi connectivity index (χ1v) is 13.2. The summed E-state index contributed by atoms with van der Waals surface area (Å²) in [4.78, 5) is 19.9. The van der Waals surface area contributed by atoms with Crippen molar-refractivity contribution in [3.63, 3.8) is 0 Å². The second-order valence-electron chi connectivity index (χ2n) is 9.70. The first-order chi connectivity index (χ1) is 18.7. The number of pyridine rings is 4. The molecule has 0 saturated carbocycles. The number of aromatic nitrogens is 4. The lowest BCUT2D eigenvalue weighted by atomic mass is 10.0. The van der Waals surface area contributed by atoms with Crippen molar-refractivity contribution in [3.8, 4) is 22.5 Å². The molecule has 3 aromatic carbocycles. The molecule has 4 heteroatoms. The van der Waals surface area contributed by atoms with Crippen LogP contribution >= 0.6 is 0 Å². The summed E-state index contributed by atoms with van der Waals surface area (Å²) in [5.74, 6) is 0. The maximum absolute atomic E-state index is 5.06. The number of nitrogens with zero attached hydrogens (tertiary/aromatic N) is 4. The highest BCUT2D eigenvalue weighted by molar-refractivity contribution is 6.04. The van der Waals surface area contributed by atoms with E-state index in [0.29, 0.717) is 0 Å². The van der Waals surface area contributed by atoms with Gasteiger partial charge in [0.2, 0.25) is 0 Å². The molecule has 4 heterocycles. The van der Waals surface area contributed by atoms with Crippen molar-refractivity contribution in [1.29, 1.82) is 0 Å². The number of aryl methyl sites for hydroxylation is 2. The van der Waals surface area contributed by atoms with Gasteiger partial charge in [-0.3, -0.25) is 9.97 Å². The summed E-state index contributed by atoms with van der Waals surface area (Å²) in [6.07, 6.45) is 1.81. The molecule has 7 aromatic rings. The zero-order chi connectivity index (χ0) is 25.6. The standard InChI is InChI=1S/C34H26N4/c1-3-27-17-13-23-9-11-25-15-19-29(37-33(25)31(23)35-27)21-5-7-22(8-6-21)30-20-16-26-12-10-24-14-18-28(4-2)36-32(24)34(26)38-30/h5-20H,3-4H2,1-2H3. The summed E-state index contributed by atoms with van der Waals surface area (Å²) in [6, 6.07) is 33.9. The van der Waals surface area contributed by atoms with Gasteiger partial charge in [0.15, 0.2) is 0 Å². The summed E-state index contributed by atoms with van der Waals surface area (Å²) in [5, 5.41) is 4.44. The number of hydrogen-bond donors (Lipinski definition) is 0. The van der Waals surface area contributed by atoms with Gasteiger partial charge in [-0.2, -0.15) is 0 Å². The molecule has 0 spiro atoms. The van der Waals surface area contributed by atoms with E-state index >= 15 is 0 Å². The third kappa shape index (κ3) is 3.77. The SMILES string of the molecule is CCc1ccc2ccc3ccc(-c4ccc(-c5ccc6ccc7ccc(CC)nc7c6n5)cc4)nc3c2n1. The van der Waals surface area contributed by atoms with Crippen LogP contribution in [0, 0.1) is 0 Å². The van der Waals surface area contributed by atoms with E-state index in [-0.39, 0.29) is 0 Å². The minimum atomic E-state index is 0.905. The molecule has 0 amide bonds. The Morgan fingerprint density at radius 3 is 1.05 bits per heavy atom. The summed E-state index contributed by atoms with van der Waals surface area (Å²) in [6.45, 7) is 4.26. The average molecular weight is 491 g/mol. The lowest BCUT2D eigenvalue weighted by Crippen LogP contribution is -1.93. The zero-order valence-corrected chi connectivity index (χ0v) is 21.4.